The first-order valence-electron chi connectivity index (χ1n) is 5.78. The highest BCUT2D eigenvalue weighted by atomic mass is 16.3. The number of benzene rings is 1. The molecule has 0 saturated heterocycles. The Bertz CT molecular complexity index is 728. The molecular formula is C13H11N3O. The summed E-state index contributed by atoms with van der Waals surface area (Å²) in [5, 5.41) is 11.6. The average molecular weight is 225 g/mol. The molecule has 0 atom stereocenters. The zero-order valence-corrected chi connectivity index (χ0v) is 9.14. The summed E-state index contributed by atoms with van der Waals surface area (Å²) >= 11 is 0. The van der Waals surface area contributed by atoms with E-state index in [1.54, 1.807) is 0 Å². The van der Waals surface area contributed by atoms with Gasteiger partial charge in [-0.05, 0) is 36.5 Å². The summed E-state index contributed by atoms with van der Waals surface area (Å²) in [6, 6.07) is 6.36. The quantitative estimate of drug-likeness (QED) is 0.669. The molecule has 17 heavy (non-hydrogen) atoms. The Morgan fingerprint density at radius 1 is 1.24 bits per heavy atom. The smallest absolute Gasteiger partial charge is 0.224 e. The van der Waals surface area contributed by atoms with E-state index in [4.69, 9.17) is 0 Å². The Morgan fingerprint density at radius 3 is 2.94 bits per heavy atom. The summed E-state index contributed by atoms with van der Waals surface area (Å²) in [7, 11) is 0. The molecule has 0 radical (unpaired) electrons. The summed E-state index contributed by atoms with van der Waals surface area (Å²) in [6.45, 7) is 0. The van der Waals surface area contributed by atoms with Crippen molar-refractivity contribution in [3.63, 3.8) is 0 Å². The van der Waals surface area contributed by atoms with Crippen LogP contribution in [0, 0.1) is 0 Å². The predicted molar refractivity (Wildman–Crippen MR) is 65.0 cm³/mol. The minimum Gasteiger partial charge on any atom is -0.493 e. The number of nitrogens with zero attached hydrogens (tertiary/aromatic N) is 2. The van der Waals surface area contributed by atoms with Crippen molar-refractivity contribution in [3.05, 3.63) is 30.1 Å². The molecule has 0 unspecified atom stereocenters. The molecule has 1 aromatic carbocycles. The average Bonchev–Trinajstić information content (AvgIpc) is 3.10. The molecule has 4 nitrogen and oxygen atoms in total. The SMILES string of the molecule is Oc1ncnc2[nH]c3ccc(C4CC4)cc3c12. The van der Waals surface area contributed by atoms with Gasteiger partial charge in [0.2, 0.25) is 5.88 Å². The van der Waals surface area contributed by atoms with Gasteiger partial charge in [-0.3, -0.25) is 0 Å². The molecule has 3 aromatic rings. The maximum atomic E-state index is 9.83. The molecule has 2 N–H and O–H groups in total. The monoisotopic (exact) mass is 225 g/mol. The maximum absolute atomic E-state index is 9.83. The first-order chi connectivity index (χ1) is 8.33. The van der Waals surface area contributed by atoms with E-state index in [9.17, 15) is 5.11 Å². The lowest BCUT2D eigenvalue weighted by atomic mass is 10.1. The van der Waals surface area contributed by atoms with Crippen molar-refractivity contribution in [1.82, 2.24) is 15.0 Å². The van der Waals surface area contributed by atoms with E-state index in [1.807, 2.05) is 0 Å². The van der Waals surface area contributed by atoms with Gasteiger partial charge < -0.3 is 10.1 Å². The topological polar surface area (TPSA) is 61.8 Å². The number of aromatic nitrogens is 3. The summed E-state index contributed by atoms with van der Waals surface area (Å²) < 4.78 is 0. The van der Waals surface area contributed by atoms with Crippen LogP contribution in [0.25, 0.3) is 21.9 Å². The van der Waals surface area contributed by atoms with Gasteiger partial charge in [-0.2, -0.15) is 0 Å². The van der Waals surface area contributed by atoms with E-state index in [0.29, 0.717) is 11.6 Å². The van der Waals surface area contributed by atoms with Gasteiger partial charge in [0.15, 0.2) is 0 Å². The summed E-state index contributed by atoms with van der Waals surface area (Å²) in [5.74, 6) is 0.755. The van der Waals surface area contributed by atoms with Crippen LogP contribution in [0.15, 0.2) is 24.5 Å². The second-order valence-electron chi connectivity index (χ2n) is 4.63. The zero-order chi connectivity index (χ0) is 11.4. The van der Waals surface area contributed by atoms with Crippen LogP contribution in [0.2, 0.25) is 0 Å². The van der Waals surface area contributed by atoms with E-state index in [-0.39, 0.29) is 5.88 Å². The highest BCUT2D eigenvalue weighted by molar-refractivity contribution is 6.08. The fraction of sp³-hybridized carbons (Fsp3) is 0.231. The van der Waals surface area contributed by atoms with Crippen molar-refractivity contribution in [1.29, 1.82) is 0 Å². The van der Waals surface area contributed by atoms with Crippen molar-refractivity contribution in [3.8, 4) is 5.88 Å². The number of fused-ring (bicyclic) bond motifs is 3. The van der Waals surface area contributed by atoms with E-state index < -0.39 is 0 Å². The normalized spacial score (nSPS) is 15.8. The molecular weight excluding hydrogens is 214 g/mol. The molecule has 2 aromatic heterocycles. The fourth-order valence-electron chi connectivity index (χ4n) is 2.39. The molecule has 0 amide bonds. The first-order valence-corrected chi connectivity index (χ1v) is 5.78. The number of nitrogens with one attached hydrogen (secondary N) is 1. The number of aromatic hydroxyl groups is 1. The molecule has 4 heteroatoms. The Morgan fingerprint density at radius 2 is 2.12 bits per heavy atom. The molecule has 4 rings (SSSR count). The van der Waals surface area contributed by atoms with Crippen molar-refractivity contribution in [2.75, 3.05) is 0 Å². The van der Waals surface area contributed by atoms with Crippen LogP contribution in [0.3, 0.4) is 0 Å². The minimum atomic E-state index is 0.0502. The molecule has 0 bridgehead atoms. The fourth-order valence-corrected chi connectivity index (χ4v) is 2.39. The number of rotatable bonds is 1. The Balaban J connectivity index is 2.12. The van der Waals surface area contributed by atoms with E-state index in [0.717, 1.165) is 16.3 Å². The third kappa shape index (κ3) is 1.24. The Kier molecular flexibility index (Phi) is 1.57. The molecule has 2 heterocycles. The Hall–Kier alpha value is -2.10. The van der Waals surface area contributed by atoms with Gasteiger partial charge in [0.1, 0.15) is 12.0 Å². The number of aromatic amines is 1. The molecule has 1 saturated carbocycles. The summed E-state index contributed by atoms with van der Waals surface area (Å²) in [5.41, 5.74) is 3.04. The molecule has 0 spiro atoms. The summed E-state index contributed by atoms with van der Waals surface area (Å²) in [6.07, 6.45) is 3.92. The third-order valence-corrected chi connectivity index (χ3v) is 3.44. The molecule has 1 fully saturated rings. The van der Waals surface area contributed by atoms with Crippen LogP contribution >= 0.6 is 0 Å². The molecule has 0 aliphatic heterocycles. The Labute approximate surface area is 97.3 Å². The minimum absolute atomic E-state index is 0.0502. The van der Waals surface area contributed by atoms with Gasteiger partial charge >= 0.3 is 0 Å². The van der Waals surface area contributed by atoms with Crippen LogP contribution in [0.5, 0.6) is 5.88 Å². The third-order valence-electron chi connectivity index (χ3n) is 3.44. The van der Waals surface area contributed by atoms with Crippen LogP contribution in [0.4, 0.5) is 0 Å². The second-order valence-corrected chi connectivity index (χ2v) is 4.63. The van der Waals surface area contributed by atoms with Gasteiger partial charge in [0.05, 0.1) is 5.39 Å². The second kappa shape index (κ2) is 2.97. The van der Waals surface area contributed by atoms with Crippen LogP contribution in [0.1, 0.15) is 24.3 Å². The number of H-pyrrole nitrogens is 1. The zero-order valence-electron chi connectivity index (χ0n) is 9.14. The van der Waals surface area contributed by atoms with E-state index >= 15 is 0 Å². The van der Waals surface area contributed by atoms with E-state index in [2.05, 4.69) is 33.2 Å². The molecule has 84 valence electrons. The van der Waals surface area contributed by atoms with Crippen LogP contribution in [-0.4, -0.2) is 20.1 Å². The standard InChI is InChI=1S/C13H11N3O/c17-13-11-9-5-8(7-1-2-7)3-4-10(9)16-12(11)14-6-15-13/h3-7H,1-2H2,(H2,14,15,16,17). The number of hydrogen-bond donors (Lipinski definition) is 2. The molecule has 1 aliphatic rings. The van der Waals surface area contributed by atoms with Gasteiger partial charge in [0.25, 0.3) is 0 Å². The first kappa shape index (κ1) is 8.98. The number of hydrogen-bond acceptors (Lipinski definition) is 3. The van der Waals surface area contributed by atoms with Crippen molar-refractivity contribution < 1.29 is 5.11 Å². The van der Waals surface area contributed by atoms with Crippen molar-refractivity contribution in [2.45, 2.75) is 18.8 Å². The predicted octanol–water partition coefficient (Wildman–Crippen LogP) is 2.69. The van der Waals surface area contributed by atoms with Gasteiger partial charge in [-0.15, -0.1) is 0 Å². The highest BCUT2D eigenvalue weighted by Gasteiger charge is 2.24. The molecule has 1 aliphatic carbocycles. The van der Waals surface area contributed by atoms with E-state index in [1.165, 1.54) is 24.7 Å². The van der Waals surface area contributed by atoms with Gasteiger partial charge in [0, 0.05) is 10.9 Å². The lowest BCUT2D eigenvalue weighted by Crippen LogP contribution is -1.80. The summed E-state index contributed by atoms with van der Waals surface area (Å²) in [4.78, 5) is 11.2. The van der Waals surface area contributed by atoms with Gasteiger partial charge in [-0.1, -0.05) is 6.07 Å². The lowest BCUT2D eigenvalue weighted by molar-refractivity contribution is 0.459. The lowest BCUT2D eigenvalue weighted by Gasteiger charge is -1.98. The highest BCUT2D eigenvalue weighted by Crippen LogP contribution is 2.42. The maximum Gasteiger partial charge on any atom is 0.224 e. The van der Waals surface area contributed by atoms with Gasteiger partial charge in [-0.25, -0.2) is 9.97 Å². The van der Waals surface area contributed by atoms with Crippen molar-refractivity contribution >= 4 is 21.9 Å². The van der Waals surface area contributed by atoms with Crippen LogP contribution < -0.4 is 0 Å². The van der Waals surface area contributed by atoms with Crippen LogP contribution in [-0.2, 0) is 0 Å². The van der Waals surface area contributed by atoms with Crippen molar-refractivity contribution in [2.24, 2.45) is 0 Å². The largest absolute Gasteiger partial charge is 0.493 e.